The van der Waals surface area contributed by atoms with Crippen molar-refractivity contribution in [1.82, 2.24) is 9.55 Å². The van der Waals surface area contributed by atoms with Crippen molar-refractivity contribution >= 4 is 0 Å². The van der Waals surface area contributed by atoms with Gasteiger partial charge in [0.1, 0.15) is 5.82 Å². The number of nitrogens with two attached hydrogens (primary N) is 1. The Kier molecular flexibility index (Phi) is 3.19. The zero-order valence-electron chi connectivity index (χ0n) is 8.58. The number of hydrogen-bond acceptors (Lipinski definition) is 3. The van der Waals surface area contributed by atoms with Crippen LogP contribution in [0.5, 0.6) is 0 Å². The molecular weight excluding hydrogens is 178 g/mol. The van der Waals surface area contributed by atoms with Gasteiger partial charge in [-0.15, -0.1) is 0 Å². The molecule has 0 aromatic carbocycles. The molecule has 2 N–H and O–H groups in total. The highest BCUT2D eigenvalue weighted by molar-refractivity contribution is 5.05. The molecule has 0 saturated carbocycles. The average Bonchev–Trinajstić information content (AvgIpc) is 2.10. The molecule has 1 heterocycles. The minimum Gasteiger partial charge on any atom is -0.327 e. The Balaban J connectivity index is 3.09. The van der Waals surface area contributed by atoms with Crippen LogP contribution in [-0.2, 0) is 6.54 Å². The molecule has 0 amide bonds. The summed E-state index contributed by atoms with van der Waals surface area (Å²) in [4.78, 5) is 15.8. The molecule has 0 unspecified atom stereocenters. The van der Waals surface area contributed by atoms with Gasteiger partial charge < -0.3 is 5.73 Å². The lowest BCUT2D eigenvalue weighted by Crippen LogP contribution is -2.25. The normalized spacial score (nSPS) is 10.2. The van der Waals surface area contributed by atoms with Crippen LogP contribution in [0.15, 0.2) is 23.0 Å². The van der Waals surface area contributed by atoms with Gasteiger partial charge in [-0.25, -0.2) is 4.98 Å². The van der Waals surface area contributed by atoms with Crippen LogP contribution in [-0.4, -0.2) is 16.1 Å². The summed E-state index contributed by atoms with van der Waals surface area (Å²) in [7, 11) is 0. The van der Waals surface area contributed by atoms with E-state index in [1.54, 1.807) is 18.4 Å². The Morgan fingerprint density at radius 3 is 2.79 bits per heavy atom. The van der Waals surface area contributed by atoms with Gasteiger partial charge in [-0.2, -0.15) is 0 Å². The second-order valence-corrected chi connectivity index (χ2v) is 3.32. The quantitative estimate of drug-likeness (QED) is 0.706. The minimum absolute atomic E-state index is 0.0513. The number of aromatic nitrogens is 2. The standard InChI is InChI=1S/C10H15N3O/c1-7(5-11)6-13-9(3)12-8(2)4-10(13)14/h4H,1,5-6,11H2,2-3H3. The molecule has 0 radical (unpaired) electrons. The van der Waals surface area contributed by atoms with Crippen molar-refractivity contribution in [2.24, 2.45) is 5.73 Å². The van der Waals surface area contributed by atoms with Crippen LogP contribution in [0.2, 0.25) is 0 Å². The molecule has 0 spiro atoms. The number of nitrogens with zero attached hydrogens (tertiary/aromatic N) is 2. The van der Waals surface area contributed by atoms with Gasteiger partial charge in [0.25, 0.3) is 5.56 Å². The number of aryl methyl sites for hydroxylation is 2. The second-order valence-electron chi connectivity index (χ2n) is 3.32. The fourth-order valence-corrected chi connectivity index (χ4v) is 1.24. The summed E-state index contributed by atoms with van der Waals surface area (Å²) >= 11 is 0. The van der Waals surface area contributed by atoms with Crippen molar-refractivity contribution in [3.8, 4) is 0 Å². The third kappa shape index (κ3) is 2.29. The fraction of sp³-hybridized carbons (Fsp3) is 0.400. The first-order valence-corrected chi connectivity index (χ1v) is 4.46. The summed E-state index contributed by atoms with van der Waals surface area (Å²) in [5.74, 6) is 0.699. The molecule has 0 aliphatic rings. The van der Waals surface area contributed by atoms with E-state index >= 15 is 0 Å². The van der Waals surface area contributed by atoms with Crippen molar-refractivity contribution in [2.75, 3.05) is 6.54 Å². The summed E-state index contributed by atoms with van der Waals surface area (Å²) in [6, 6.07) is 1.51. The predicted molar refractivity (Wildman–Crippen MR) is 56.2 cm³/mol. The molecule has 4 heteroatoms. The Hall–Kier alpha value is -1.42. The lowest BCUT2D eigenvalue weighted by Gasteiger charge is -2.09. The van der Waals surface area contributed by atoms with E-state index in [0.29, 0.717) is 18.9 Å². The van der Waals surface area contributed by atoms with E-state index in [2.05, 4.69) is 11.6 Å². The SMILES string of the molecule is C=C(CN)Cn1c(C)nc(C)cc1=O. The molecule has 76 valence electrons. The van der Waals surface area contributed by atoms with Crippen LogP contribution < -0.4 is 11.3 Å². The molecule has 0 fully saturated rings. The molecule has 0 atom stereocenters. The van der Waals surface area contributed by atoms with Crippen molar-refractivity contribution in [2.45, 2.75) is 20.4 Å². The second kappa shape index (κ2) is 4.19. The third-order valence-electron chi connectivity index (χ3n) is 2.00. The Morgan fingerprint density at radius 1 is 1.64 bits per heavy atom. The van der Waals surface area contributed by atoms with Gasteiger partial charge in [0.2, 0.25) is 0 Å². The Morgan fingerprint density at radius 2 is 2.29 bits per heavy atom. The molecule has 14 heavy (non-hydrogen) atoms. The lowest BCUT2D eigenvalue weighted by molar-refractivity contribution is 0.679. The average molecular weight is 193 g/mol. The summed E-state index contributed by atoms with van der Waals surface area (Å²) in [5.41, 5.74) is 6.92. The van der Waals surface area contributed by atoms with Crippen molar-refractivity contribution in [1.29, 1.82) is 0 Å². The lowest BCUT2D eigenvalue weighted by atomic mass is 10.3. The van der Waals surface area contributed by atoms with Gasteiger partial charge in [-0.1, -0.05) is 6.58 Å². The molecule has 0 aliphatic heterocycles. The van der Waals surface area contributed by atoms with Gasteiger partial charge in [-0.3, -0.25) is 9.36 Å². The minimum atomic E-state index is -0.0513. The molecule has 1 aromatic heterocycles. The van der Waals surface area contributed by atoms with E-state index in [-0.39, 0.29) is 5.56 Å². The van der Waals surface area contributed by atoms with Gasteiger partial charge in [0.15, 0.2) is 0 Å². The van der Waals surface area contributed by atoms with E-state index in [1.807, 2.05) is 0 Å². The van der Waals surface area contributed by atoms with Crippen LogP contribution in [0.4, 0.5) is 0 Å². The van der Waals surface area contributed by atoms with Gasteiger partial charge in [0, 0.05) is 24.8 Å². The molecule has 4 nitrogen and oxygen atoms in total. The largest absolute Gasteiger partial charge is 0.327 e. The highest BCUT2D eigenvalue weighted by Gasteiger charge is 2.03. The number of rotatable bonds is 3. The van der Waals surface area contributed by atoms with Crippen LogP contribution in [0.3, 0.4) is 0 Å². The highest BCUT2D eigenvalue weighted by atomic mass is 16.1. The zero-order valence-corrected chi connectivity index (χ0v) is 8.58. The molecular formula is C10H15N3O. The van der Waals surface area contributed by atoms with Crippen molar-refractivity contribution in [3.05, 3.63) is 40.1 Å². The summed E-state index contributed by atoms with van der Waals surface area (Å²) in [6.45, 7) is 8.21. The third-order valence-corrected chi connectivity index (χ3v) is 2.00. The van der Waals surface area contributed by atoms with Crippen LogP contribution >= 0.6 is 0 Å². The topological polar surface area (TPSA) is 60.9 Å². The first-order chi connectivity index (χ1) is 6.54. The van der Waals surface area contributed by atoms with E-state index < -0.39 is 0 Å². The zero-order chi connectivity index (χ0) is 10.7. The van der Waals surface area contributed by atoms with Crippen LogP contribution in [0.25, 0.3) is 0 Å². The highest BCUT2D eigenvalue weighted by Crippen LogP contribution is 1.97. The monoisotopic (exact) mass is 193 g/mol. The maximum atomic E-state index is 11.6. The molecule has 0 bridgehead atoms. The summed E-state index contributed by atoms with van der Waals surface area (Å²) < 4.78 is 1.57. The fourth-order valence-electron chi connectivity index (χ4n) is 1.24. The maximum Gasteiger partial charge on any atom is 0.254 e. The Bertz CT molecular complexity index is 406. The maximum absolute atomic E-state index is 11.6. The van der Waals surface area contributed by atoms with E-state index in [4.69, 9.17) is 5.73 Å². The van der Waals surface area contributed by atoms with E-state index in [9.17, 15) is 4.79 Å². The molecule has 0 saturated heterocycles. The van der Waals surface area contributed by atoms with Gasteiger partial charge >= 0.3 is 0 Å². The Labute approximate surface area is 83.1 Å². The molecule has 1 rings (SSSR count). The molecule has 0 aliphatic carbocycles. The first kappa shape index (κ1) is 10.7. The van der Waals surface area contributed by atoms with Crippen LogP contribution in [0.1, 0.15) is 11.5 Å². The van der Waals surface area contributed by atoms with Crippen molar-refractivity contribution in [3.63, 3.8) is 0 Å². The predicted octanol–water partition coefficient (Wildman–Crippen LogP) is 0.375. The van der Waals surface area contributed by atoms with E-state index in [0.717, 1.165) is 11.3 Å². The van der Waals surface area contributed by atoms with Gasteiger partial charge in [0.05, 0.1) is 0 Å². The molecule has 1 aromatic rings. The van der Waals surface area contributed by atoms with Crippen LogP contribution in [0, 0.1) is 13.8 Å². The smallest absolute Gasteiger partial charge is 0.254 e. The van der Waals surface area contributed by atoms with Gasteiger partial charge in [-0.05, 0) is 19.4 Å². The summed E-state index contributed by atoms with van der Waals surface area (Å²) in [6.07, 6.45) is 0. The summed E-state index contributed by atoms with van der Waals surface area (Å²) in [5, 5.41) is 0. The van der Waals surface area contributed by atoms with E-state index in [1.165, 1.54) is 6.07 Å². The first-order valence-electron chi connectivity index (χ1n) is 4.46. The van der Waals surface area contributed by atoms with Crippen molar-refractivity contribution < 1.29 is 0 Å². The number of hydrogen-bond donors (Lipinski definition) is 1.